The molecule has 0 fully saturated rings. The number of unbranched alkanes of at least 4 members (excludes halogenated alkanes) is 47. The van der Waals surface area contributed by atoms with Crippen LogP contribution in [0, 0.1) is 0 Å². The van der Waals surface area contributed by atoms with Crippen molar-refractivity contribution in [1.82, 2.24) is 0 Å². The fraction of sp³-hybridized carbons (Fsp3) is 0.851. The van der Waals surface area contributed by atoms with Gasteiger partial charge in [0, 0.05) is 19.3 Å². The van der Waals surface area contributed by atoms with Crippen LogP contribution in [-0.2, 0) is 28.6 Å². The summed E-state index contributed by atoms with van der Waals surface area (Å²) in [6, 6.07) is 0. The van der Waals surface area contributed by atoms with E-state index in [4.69, 9.17) is 14.2 Å². The number of esters is 3. The molecule has 1 unspecified atom stereocenters. The van der Waals surface area contributed by atoms with Crippen molar-refractivity contribution in [3.05, 3.63) is 48.6 Å². The quantitative estimate of drug-likeness (QED) is 0.0261. The summed E-state index contributed by atoms with van der Waals surface area (Å²) >= 11 is 0. The Bertz CT molecular complexity index is 1380. The van der Waals surface area contributed by atoms with Crippen LogP contribution in [0.4, 0.5) is 0 Å². The van der Waals surface area contributed by atoms with E-state index in [0.717, 1.165) is 70.6 Å². The summed E-state index contributed by atoms with van der Waals surface area (Å²) in [7, 11) is 0. The smallest absolute Gasteiger partial charge is 0.306 e. The summed E-state index contributed by atoms with van der Waals surface area (Å²) in [5.41, 5.74) is 0. The van der Waals surface area contributed by atoms with Gasteiger partial charge in [-0.1, -0.05) is 333 Å². The van der Waals surface area contributed by atoms with E-state index >= 15 is 0 Å². The average Bonchev–Trinajstić information content (AvgIpc) is 3.46. The number of hydrogen-bond acceptors (Lipinski definition) is 6. The van der Waals surface area contributed by atoms with Crippen LogP contribution in [0.1, 0.15) is 387 Å². The summed E-state index contributed by atoms with van der Waals surface area (Å²) in [5.74, 6) is -0.846. The summed E-state index contributed by atoms with van der Waals surface area (Å²) in [4.78, 5) is 38.5. The Morgan fingerprint density at radius 3 is 0.688 bits per heavy atom. The van der Waals surface area contributed by atoms with Crippen LogP contribution in [0.25, 0.3) is 0 Å². The van der Waals surface area contributed by atoms with Crippen LogP contribution in [-0.4, -0.2) is 37.2 Å². The van der Waals surface area contributed by atoms with Gasteiger partial charge in [0.1, 0.15) is 13.2 Å². The maximum Gasteiger partial charge on any atom is 0.306 e. The van der Waals surface area contributed by atoms with Crippen molar-refractivity contribution >= 4 is 17.9 Å². The summed E-state index contributed by atoms with van der Waals surface area (Å²) < 4.78 is 17.0. The van der Waals surface area contributed by atoms with Crippen molar-refractivity contribution in [2.24, 2.45) is 0 Å². The molecule has 0 aliphatic heterocycles. The number of rotatable bonds is 66. The van der Waals surface area contributed by atoms with E-state index in [1.807, 2.05) is 0 Å². The molecule has 6 heteroatoms. The van der Waals surface area contributed by atoms with Gasteiger partial charge in [0.15, 0.2) is 6.10 Å². The maximum atomic E-state index is 13.0. The molecule has 0 aromatic rings. The number of carbonyl (C=O) groups excluding carboxylic acids is 3. The number of ether oxygens (including phenoxy) is 3. The molecule has 0 saturated heterocycles. The van der Waals surface area contributed by atoms with Crippen molar-refractivity contribution < 1.29 is 28.6 Å². The second kappa shape index (κ2) is 68.9. The fourth-order valence-corrected chi connectivity index (χ4v) is 10.7. The van der Waals surface area contributed by atoms with E-state index in [-0.39, 0.29) is 31.1 Å². The van der Waals surface area contributed by atoms with E-state index in [2.05, 4.69) is 69.4 Å². The molecule has 0 aromatic carbocycles. The van der Waals surface area contributed by atoms with Crippen molar-refractivity contribution in [3.63, 3.8) is 0 Å². The highest BCUT2D eigenvalue weighted by molar-refractivity contribution is 5.71. The zero-order valence-electron chi connectivity index (χ0n) is 53.9. The largest absolute Gasteiger partial charge is 0.462 e. The molecule has 0 radical (unpaired) electrons. The third kappa shape index (κ3) is 66.2. The molecule has 0 heterocycles. The number of allylic oxidation sites excluding steroid dienone is 8. The topological polar surface area (TPSA) is 78.9 Å². The van der Waals surface area contributed by atoms with Gasteiger partial charge in [-0.05, 0) is 83.5 Å². The summed E-state index contributed by atoms with van der Waals surface area (Å²) in [6.45, 7) is 6.69. The lowest BCUT2D eigenvalue weighted by Gasteiger charge is -2.18. The molecule has 0 saturated carbocycles. The van der Waals surface area contributed by atoms with Crippen LogP contribution in [0.15, 0.2) is 48.6 Å². The molecule has 468 valence electrons. The minimum absolute atomic E-state index is 0.0697. The van der Waals surface area contributed by atoms with Crippen molar-refractivity contribution in [2.45, 2.75) is 393 Å². The zero-order chi connectivity index (χ0) is 57.8. The molecular weight excluding hydrogens is 985 g/mol. The molecule has 0 N–H and O–H groups in total. The highest BCUT2D eigenvalue weighted by Gasteiger charge is 2.19. The SMILES string of the molecule is CCCCCCC/C=C\C/C=C\CCCCCCCCCCCCCC(=O)OCC(COC(=O)CCCCCCCCCCCCCCCCCC)OC(=O)CCCCCCCCCCCCC/C=C\C/C=C\CCCCCCC. The van der Waals surface area contributed by atoms with E-state index in [1.54, 1.807) is 0 Å². The van der Waals surface area contributed by atoms with Gasteiger partial charge in [-0.2, -0.15) is 0 Å². The molecule has 0 aliphatic carbocycles. The lowest BCUT2D eigenvalue weighted by molar-refractivity contribution is -0.167. The van der Waals surface area contributed by atoms with Crippen LogP contribution >= 0.6 is 0 Å². The Labute approximate surface area is 498 Å². The van der Waals surface area contributed by atoms with E-state index in [9.17, 15) is 14.4 Å². The van der Waals surface area contributed by atoms with Gasteiger partial charge in [0.05, 0.1) is 0 Å². The second-order valence-electron chi connectivity index (χ2n) is 24.1. The molecule has 0 amide bonds. The van der Waals surface area contributed by atoms with Gasteiger partial charge in [-0.15, -0.1) is 0 Å². The van der Waals surface area contributed by atoms with Gasteiger partial charge in [-0.25, -0.2) is 0 Å². The van der Waals surface area contributed by atoms with Gasteiger partial charge >= 0.3 is 17.9 Å². The Morgan fingerprint density at radius 1 is 0.250 bits per heavy atom. The van der Waals surface area contributed by atoms with E-state index in [1.165, 1.54) is 276 Å². The Kier molecular flexibility index (Phi) is 66.6. The molecule has 80 heavy (non-hydrogen) atoms. The third-order valence-corrected chi connectivity index (χ3v) is 16.1. The lowest BCUT2D eigenvalue weighted by Crippen LogP contribution is -2.30. The van der Waals surface area contributed by atoms with E-state index < -0.39 is 6.10 Å². The predicted molar refractivity (Wildman–Crippen MR) is 349 cm³/mol. The first-order valence-electron chi connectivity index (χ1n) is 35.6. The molecule has 0 aromatic heterocycles. The highest BCUT2D eigenvalue weighted by atomic mass is 16.6. The monoisotopic (exact) mass is 1120 g/mol. The molecular formula is C74H136O6. The molecule has 1 atom stereocenters. The molecule has 0 spiro atoms. The molecule has 0 aliphatic rings. The molecule has 0 rings (SSSR count). The van der Waals surface area contributed by atoms with Gasteiger partial charge < -0.3 is 14.2 Å². The van der Waals surface area contributed by atoms with Crippen molar-refractivity contribution in [3.8, 4) is 0 Å². The lowest BCUT2D eigenvalue weighted by atomic mass is 10.0. The number of hydrogen-bond donors (Lipinski definition) is 0. The van der Waals surface area contributed by atoms with Crippen LogP contribution in [0.3, 0.4) is 0 Å². The van der Waals surface area contributed by atoms with Crippen molar-refractivity contribution in [1.29, 1.82) is 0 Å². The highest BCUT2D eigenvalue weighted by Crippen LogP contribution is 2.18. The minimum Gasteiger partial charge on any atom is -0.462 e. The standard InChI is InChI=1S/C74H136O6/c1-4-7-10-13-16-19-22-25-28-31-33-35-37-39-41-43-46-49-52-55-58-61-64-67-73(76)79-70-71(69-78-72(75)66-63-60-57-54-51-48-45-30-27-24-21-18-15-12-9-6-3)80-74(77)68-65-62-59-56-53-50-47-44-42-40-38-36-34-32-29-26-23-20-17-14-11-8-5-2/h22-23,25-26,31-34,71H,4-21,24,27-30,35-70H2,1-3H3/b25-22-,26-23-,33-31-,34-32-. The first-order chi connectivity index (χ1) is 39.5. The Balaban J connectivity index is 4.31. The first-order valence-corrected chi connectivity index (χ1v) is 35.6. The normalized spacial score (nSPS) is 12.3. The third-order valence-electron chi connectivity index (χ3n) is 16.1. The number of carbonyl (C=O) groups is 3. The Morgan fingerprint density at radius 2 is 0.450 bits per heavy atom. The fourth-order valence-electron chi connectivity index (χ4n) is 10.7. The first kappa shape index (κ1) is 77.4. The molecule has 6 nitrogen and oxygen atoms in total. The van der Waals surface area contributed by atoms with Crippen LogP contribution < -0.4 is 0 Å². The maximum absolute atomic E-state index is 13.0. The predicted octanol–water partition coefficient (Wildman–Crippen LogP) is 24.5. The van der Waals surface area contributed by atoms with Crippen LogP contribution in [0.2, 0.25) is 0 Å². The average molecular weight is 1120 g/mol. The van der Waals surface area contributed by atoms with Gasteiger partial charge in [0.25, 0.3) is 0 Å². The summed E-state index contributed by atoms with van der Waals surface area (Å²) in [6.07, 6.45) is 87.0. The van der Waals surface area contributed by atoms with Crippen molar-refractivity contribution in [2.75, 3.05) is 13.2 Å². The van der Waals surface area contributed by atoms with E-state index in [0.29, 0.717) is 19.3 Å². The molecule has 0 bridgehead atoms. The summed E-state index contributed by atoms with van der Waals surface area (Å²) in [5, 5.41) is 0. The van der Waals surface area contributed by atoms with Gasteiger partial charge in [-0.3, -0.25) is 14.4 Å². The zero-order valence-corrected chi connectivity index (χ0v) is 53.9. The second-order valence-corrected chi connectivity index (χ2v) is 24.1. The Hall–Kier alpha value is -2.63. The minimum atomic E-state index is -0.775. The van der Waals surface area contributed by atoms with Crippen LogP contribution in [0.5, 0.6) is 0 Å². The van der Waals surface area contributed by atoms with Gasteiger partial charge in [0.2, 0.25) is 0 Å².